The van der Waals surface area contributed by atoms with Crippen LogP contribution in [0.5, 0.6) is 0 Å². The molecular weight excluding hydrogens is 364 g/mol. The third-order valence-corrected chi connectivity index (χ3v) is 5.63. The van der Waals surface area contributed by atoms with Gasteiger partial charge < -0.3 is 16.0 Å². The largest absolute Gasteiger partial charge is 0.370 e. The van der Waals surface area contributed by atoms with Crippen LogP contribution in [0, 0.1) is 5.92 Å². The van der Waals surface area contributed by atoms with Crippen molar-refractivity contribution in [2.24, 2.45) is 5.92 Å². The Kier molecular flexibility index (Phi) is 5.93. The molecule has 1 saturated carbocycles. The molecule has 0 spiro atoms. The summed E-state index contributed by atoms with van der Waals surface area (Å²) in [5.74, 6) is 1.59. The molecule has 7 heteroatoms. The number of imidazole rings is 1. The molecule has 3 N–H and O–H groups in total. The second-order valence-electron chi connectivity index (χ2n) is 7.62. The van der Waals surface area contributed by atoms with E-state index in [0.29, 0.717) is 0 Å². The van der Waals surface area contributed by atoms with Crippen LogP contribution >= 0.6 is 0 Å². The summed E-state index contributed by atoms with van der Waals surface area (Å²) >= 11 is 0. The lowest BCUT2D eigenvalue weighted by molar-refractivity contribution is 0.251. The fraction of sp³-hybridized carbons (Fsp3) is 0.409. The summed E-state index contributed by atoms with van der Waals surface area (Å²) in [5, 5.41) is 8.96. The predicted octanol–water partition coefficient (Wildman–Crippen LogP) is 4.53. The summed E-state index contributed by atoms with van der Waals surface area (Å²) in [6.45, 7) is 0.717. The molecule has 0 unspecified atom stereocenters. The highest BCUT2D eigenvalue weighted by Gasteiger charge is 2.14. The normalized spacial score (nSPS) is 14.2. The smallest absolute Gasteiger partial charge is 0.319 e. The number of nitrogens with zero attached hydrogens (tertiary/aromatic N) is 3. The number of benzene rings is 1. The Morgan fingerprint density at radius 2 is 2.10 bits per heavy atom. The van der Waals surface area contributed by atoms with Gasteiger partial charge in [0.25, 0.3) is 0 Å². The zero-order valence-electron chi connectivity index (χ0n) is 16.8. The molecule has 1 aliphatic carbocycles. The monoisotopic (exact) mass is 392 g/mol. The highest BCUT2D eigenvalue weighted by atomic mass is 16.2. The van der Waals surface area contributed by atoms with E-state index < -0.39 is 0 Å². The minimum atomic E-state index is -0.159. The van der Waals surface area contributed by atoms with Crippen molar-refractivity contribution < 1.29 is 4.79 Å². The van der Waals surface area contributed by atoms with E-state index in [1.54, 1.807) is 6.20 Å². The van der Waals surface area contributed by atoms with Gasteiger partial charge in [0.2, 0.25) is 0 Å². The van der Waals surface area contributed by atoms with Crippen molar-refractivity contribution in [2.75, 3.05) is 24.2 Å². The number of carbonyl (C=O) groups is 1. The van der Waals surface area contributed by atoms with E-state index >= 15 is 0 Å². The fourth-order valence-corrected chi connectivity index (χ4v) is 4.13. The molecule has 0 radical (unpaired) electrons. The molecule has 29 heavy (non-hydrogen) atoms. The van der Waals surface area contributed by atoms with Crippen LogP contribution in [-0.4, -0.2) is 34.0 Å². The van der Waals surface area contributed by atoms with Gasteiger partial charge in [0.15, 0.2) is 11.5 Å². The van der Waals surface area contributed by atoms with Crippen molar-refractivity contribution in [3.63, 3.8) is 0 Å². The predicted molar refractivity (Wildman–Crippen MR) is 116 cm³/mol. The van der Waals surface area contributed by atoms with Crippen LogP contribution in [0.4, 0.5) is 16.3 Å². The van der Waals surface area contributed by atoms with Gasteiger partial charge in [-0.2, -0.15) is 0 Å². The van der Waals surface area contributed by atoms with E-state index in [1.165, 1.54) is 32.1 Å². The van der Waals surface area contributed by atoms with Crippen LogP contribution in [0.15, 0.2) is 42.9 Å². The minimum absolute atomic E-state index is 0.159. The highest BCUT2D eigenvalue weighted by Crippen LogP contribution is 2.28. The third-order valence-electron chi connectivity index (χ3n) is 5.63. The quantitative estimate of drug-likeness (QED) is 0.516. The maximum absolute atomic E-state index is 12.2. The standard InChI is InChI=1S/C22H28N6O/c1-23-20-21-26-15-19(28(21)13-12-24-20)17-9-4-10-18(14-17)27-22(29)25-11-5-8-16-6-2-3-7-16/h4,9-10,12-16H,2-3,5-8,11H2,1H3,(H,23,24)(H2,25,27,29). The van der Waals surface area contributed by atoms with E-state index in [-0.39, 0.29) is 6.03 Å². The molecule has 152 valence electrons. The lowest BCUT2D eigenvalue weighted by Gasteiger charge is -2.11. The molecule has 2 aromatic heterocycles. The van der Waals surface area contributed by atoms with Gasteiger partial charge in [0.05, 0.1) is 11.9 Å². The number of hydrogen-bond donors (Lipinski definition) is 3. The number of hydrogen-bond acceptors (Lipinski definition) is 4. The van der Waals surface area contributed by atoms with Gasteiger partial charge in [0, 0.05) is 37.2 Å². The van der Waals surface area contributed by atoms with E-state index in [1.807, 2.05) is 48.1 Å². The summed E-state index contributed by atoms with van der Waals surface area (Å²) in [6.07, 6.45) is 13.2. The van der Waals surface area contributed by atoms with Gasteiger partial charge in [-0.05, 0) is 30.9 Å². The second kappa shape index (κ2) is 8.94. The van der Waals surface area contributed by atoms with Crippen molar-refractivity contribution in [3.05, 3.63) is 42.9 Å². The van der Waals surface area contributed by atoms with Gasteiger partial charge >= 0.3 is 6.03 Å². The number of fused-ring (bicyclic) bond motifs is 1. The third kappa shape index (κ3) is 4.50. The van der Waals surface area contributed by atoms with E-state index in [0.717, 1.165) is 47.3 Å². The maximum Gasteiger partial charge on any atom is 0.319 e. The van der Waals surface area contributed by atoms with Crippen molar-refractivity contribution in [1.29, 1.82) is 0 Å². The Balaban J connectivity index is 1.38. The molecule has 0 atom stereocenters. The summed E-state index contributed by atoms with van der Waals surface area (Å²) in [4.78, 5) is 21.0. The minimum Gasteiger partial charge on any atom is -0.370 e. The zero-order chi connectivity index (χ0) is 20.1. The van der Waals surface area contributed by atoms with Crippen molar-refractivity contribution >= 4 is 23.2 Å². The number of nitrogens with one attached hydrogen (secondary N) is 3. The average Bonchev–Trinajstić information content (AvgIpc) is 3.41. The summed E-state index contributed by atoms with van der Waals surface area (Å²) in [6, 6.07) is 7.64. The Morgan fingerprint density at radius 3 is 2.93 bits per heavy atom. The number of amides is 2. The van der Waals surface area contributed by atoms with Crippen LogP contribution in [0.25, 0.3) is 16.9 Å². The van der Waals surface area contributed by atoms with Crippen LogP contribution in [-0.2, 0) is 0 Å². The average molecular weight is 393 g/mol. The van der Waals surface area contributed by atoms with Crippen molar-refractivity contribution in [2.45, 2.75) is 38.5 Å². The summed E-state index contributed by atoms with van der Waals surface area (Å²) in [7, 11) is 1.83. The van der Waals surface area contributed by atoms with Crippen LogP contribution < -0.4 is 16.0 Å². The number of anilines is 2. The molecule has 4 rings (SSSR count). The van der Waals surface area contributed by atoms with Crippen LogP contribution in [0.2, 0.25) is 0 Å². The van der Waals surface area contributed by atoms with Crippen LogP contribution in [0.3, 0.4) is 0 Å². The lowest BCUT2D eigenvalue weighted by atomic mass is 10.0. The summed E-state index contributed by atoms with van der Waals surface area (Å²) in [5.41, 5.74) is 3.45. The highest BCUT2D eigenvalue weighted by molar-refractivity contribution is 5.90. The maximum atomic E-state index is 12.2. The molecule has 0 aliphatic heterocycles. The Hall–Kier alpha value is -3.09. The molecule has 0 bridgehead atoms. The van der Waals surface area contributed by atoms with Gasteiger partial charge in [-0.15, -0.1) is 0 Å². The first kappa shape index (κ1) is 19.2. The molecule has 2 amide bonds. The fourth-order valence-electron chi connectivity index (χ4n) is 4.13. The Bertz CT molecular complexity index is 976. The number of rotatable bonds is 7. The number of aromatic nitrogens is 3. The topological polar surface area (TPSA) is 83.3 Å². The molecule has 7 nitrogen and oxygen atoms in total. The lowest BCUT2D eigenvalue weighted by Crippen LogP contribution is -2.29. The Morgan fingerprint density at radius 1 is 1.24 bits per heavy atom. The second-order valence-corrected chi connectivity index (χ2v) is 7.62. The zero-order valence-corrected chi connectivity index (χ0v) is 16.8. The first-order valence-corrected chi connectivity index (χ1v) is 10.4. The van der Waals surface area contributed by atoms with Gasteiger partial charge in [0.1, 0.15) is 0 Å². The van der Waals surface area contributed by atoms with Gasteiger partial charge in [-0.3, -0.25) is 4.40 Å². The number of carbonyl (C=O) groups excluding carboxylic acids is 1. The molecule has 1 aromatic carbocycles. The molecular formula is C22H28N6O. The molecule has 1 fully saturated rings. The van der Waals surface area contributed by atoms with E-state index in [2.05, 4.69) is 25.9 Å². The summed E-state index contributed by atoms with van der Waals surface area (Å²) < 4.78 is 1.99. The number of urea groups is 1. The molecule has 3 aromatic rings. The molecule has 1 aliphatic rings. The molecule has 2 heterocycles. The van der Waals surface area contributed by atoms with E-state index in [4.69, 9.17) is 0 Å². The Labute approximate surface area is 171 Å². The van der Waals surface area contributed by atoms with Crippen LogP contribution in [0.1, 0.15) is 38.5 Å². The SMILES string of the molecule is CNc1nccn2c(-c3cccc(NC(=O)NCCCC4CCCC4)c3)cnc12. The first-order chi connectivity index (χ1) is 14.2. The van der Waals surface area contributed by atoms with Crippen molar-refractivity contribution in [1.82, 2.24) is 19.7 Å². The van der Waals surface area contributed by atoms with Gasteiger partial charge in [-0.1, -0.05) is 37.8 Å². The first-order valence-electron chi connectivity index (χ1n) is 10.4. The van der Waals surface area contributed by atoms with Crippen molar-refractivity contribution in [3.8, 4) is 11.3 Å². The molecule has 0 saturated heterocycles. The van der Waals surface area contributed by atoms with E-state index in [9.17, 15) is 4.79 Å². The van der Waals surface area contributed by atoms with Gasteiger partial charge in [-0.25, -0.2) is 14.8 Å².